The van der Waals surface area contributed by atoms with Crippen LogP contribution in [0.25, 0.3) is 0 Å². The van der Waals surface area contributed by atoms with E-state index in [2.05, 4.69) is 43.3 Å². The van der Waals surface area contributed by atoms with Crippen LogP contribution in [0.4, 0.5) is 0 Å². The number of rotatable bonds is 11. The molecule has 1 fully saturated rings. The number of nitrogens with zero attached hydrogens (tertiary/aromatic N) is 6. The van der Waals surface area contributed by atoms with E-state index in [9.17, 15) is 13.7 Å². The molecule has 0 saturated carbocycles. The quantitative estimate of drug-likeness (QED) is 0.294. The molecule has 1 aliphatic heterocycles. The summed E-state index contributed by atoms with van der Waals surface area (Å²) in [5.41, 5.74) is 2.01. The molecule has 0 atom stereocenters. The molecule has 0 aliphatic carbocycles. The summed E-state index contributed by atoms with van der Waals surface area (Å²) in [5.74, 6) is 0.749. The molecular formula is C31H35N7O2S. The van der Waals surface area contributed by atoms with E-state index in [4.69, 9.17) is 0 Å². The maximum atomic E-state index is 11.6. The van der Waals surface area contributed by atoms with Crippen LogP contribution in [-0.2, 0) is 27.4 Å². The number of likely N-dealkylation sites (tertiary alicyclic amines) is 1. The summed E-state index contributed by atoms with van der Waals surface area (Å²) in [6.07, 6.45) is 3.41. The van der Waals surface area contributed by atoms with Gasteiger partial charge in [0.25, 0.3) is 0 Å². The first kappa shape index (κ1) is 28.6. The van der Waals surface area contributed by atoms with Crippen molar-refractivity contribution in [2.24, 2.45) is 0 Å². The number of sulfonamides is 1. The highest BCUT2D eigenvalue weighted by molar-refractivity contribution is 7.88. The molecule has 10 heteroatoms. The summed E-state index contributed by atoms with van der Waals surface area (Å²) in [5, 5.41) is 23.3. The van der Waals surface area contributed by atoms with Crippen LogP contribution in [-0.4, -0.2) is 66.0 Å². The Balaban J connectivity index is 1.37. The van der Waals surface area contributed by atoms with Gasteiger partial charge >= 0.3 is 0 Å². The molecular weight excluding hydrogens is 534 g/mol. The number of tetrazole rings is 1. The molecule has 0 amide bonds. The predicted molar refractivity (Wildman–Crippen MR) is 157 cm³/mol. The maximum Gasteiger partial charge on any atom is 0.208 e. The van der Waals surface area contributed by atoms with Crippen molar-refractivity contribution in [2.45, 2.75) is 36.6 Å². The van der Waals surface area contributed by atoms with Crippen molar-refractivity contribution in [1.82, 2.24) is 29.8 Å². The lowest BCUT2D eigenvalue weighted by Gasteiger charge is -2.42. The molecule has 41 heavy (non-hydrogen) atoms. The van der Waals surface area contributed by atoms with E-state index < -0.39 is 20.9 Å². The van der Waals surface area contributed by atoms with Gasteiger partial charge in [0.05, 0.1) is 24.3 Å². The molecule has 5 rings (SSSR count). The molecule has 1 aromatic heterocycles. The summed E-state index contributed by atoms with van der Waals surface area (Å²) in [6, 6.07) is 33.1. The van der Waals surface area contributed by atoms with E-state index in [-0.39, 0.29) is 6.54 Å². The first-order chi connectivity index (χ1) is 19.9. The first-order valence-electron chi connectivity index (χ1n) is 13.9. The molecule has 0 spiro atoms. The summed E-state index contributed by atoms with van der Waals surface area (Å²) >= 11 is 0. The van der Waals surface area contributed by atoms with Crippen LogP contribution in [0.2, 0.25) is 0 Å². The Kier molecular flexibility index (Phi) is 8.59. The van der Waals surface area contributed by atoms with Gasteiger partial charge in [0, 0.05) is 13.1 Å². The Morgan fingerprint density at radius 1 is 0.902 bits per heavy atom. The number of benzene rings is 3. The van der Waals surface area contributed by atoms with Crippen LogP contribution in [0.1, 0.15) is 41.8 Å². The van der Waals surface area contributed by atoms with Gasteiger partial charge in [-0.3, -0.25) is 0 Å². The predicted octanol–water partition coefficient (Wildman–Crippen LogP) is 3.50. The number of nitriles is 1. The van der Waals surface area contributed by atoms with Gasteiger partial charge in [-0.15, -0.1) is 5.10 Å². The van der Waals surface area contributed by atoms with E-state index in [1.807, 2.05) is 78.9 Å². The summed E-state index contributed by atoms with van der Waals surface area (Å²) < 4.78 is 27.5. The van der Waals surface area contributed by atoms with Gasteiger partial charge in [0.2, 0.25) is 10.0 Å². The van der Waals surface area contributed by atoms with E-state index in [0.717, 1.165) is 61.2 Å². The van der Waals surface area contributed by atoms with Crippen LogP contribution < -0.4 is 4.72 Å². The van der Waals surface area contributed by atoms with Gasteiger partial charge in [-0.1, -0.05) is 91.0 Å². The van der Waals surface area contributed by atoms with Gasteiger partial charge in [-0.25, -0.2) is 17.8 Å². The number of hydrogen-bond acceptors (Lipinski definition) is 7. The fourth-order valence-corrected chi connectivity index (χ4v) is 6.47. The standard InChI is InChI=1S/C31H35N7O2S/c1-41(39,40)33-20-24-38-29(34-35-36-38)30(26-11-5-2-6-12-26)17-21-37(22-18-30)23-19-31(25-32,27-13-7-3-8-14-27)28-15-9-4-10-16-28/h2-16,33H,17-24H2,1H3. The molecule has 0 bridgehead atoms. The fraction of sp³-hybridized carbons (Fsp3) is 0.355. The smallest absolute Gasteiger partial charge is 0.208 e. The molecule has 1 aliphatic rings. The molecule has 0 radical (unpaired) electrons. The lowest BCUT2D eigenvalue weighted by atomic mass is 9.71. The lowest BCUT2D eigenvalue weighted by molar-refractivity contribution is 0.164. The van der Waals surface area contributed by atoms with E-state index in [1.165, 1.54) is 0 Å². The molecule has 0 unspecified atom stereocenters. The van der Waals surface area contributed by atoms with Crippen molar-refractivity contribution in [3.63, 3.8) is 0 Å². The van der Waals surface area contributed by atoms with Gasteiger partial charge in [-0.05, 0) is 59.5 Å². The molecule has 3 aromatic carbocycles. The van der Waals surface area contributed by atoms with Crippen molar-refractivity contribution < 1.29 is 8.42 Å². The SMILES string of the molecule is CS(=O)(=O)NCCn1nnnc1C1(c2ccccc2)CCN(CCC(C#N)(c2ccccc2)c2ccccc2)CC1. The average molecular weight is 570 g/mol. The van der Waals surface area contributed by atoms with Gasteiger partial charge in [0.1, 0.15) is 5.41 Å². The third kappa shape index (κ3) is 6.22. The number of nitrogens with one attached hydrogen (secondary N) is 1. The monoisotopic (exact) mass is 569 g/mol. The van der Waals surface area contributed by atoms with Crippen LogP contribution >= 0.6 is 0 Å². The molecule has 9 nitrogen and oxygen atoms in total. The second-order valence-corrected chi connectivity index (χ2v) is 12.5. The minimum absolute atomic E-state index is 0.211. The topological polar surface area (TPSA) is 117 Å². The number of hydrogen-bond donors (Lipinski definition) is 1. The number of piperidine rings is 1. The summed E-state index contributed by atoms with van der Waals surface area (Å²) in [6.45, 7) is 2.95. The van der Waals surface area contributed by atoms with Crippen molar-refractivity contribution in [1.29, 1.82) is 5.26 Å². The second kappa shape index (κ2) is 12.3. The van der Waals surface area contributed by atoms with Gasteiger partial charge < -0.3 is 4.90 Å². The zero-order valence-corrected chi connectivity index (χ0v) is 24.0. The third-order valence-electron chi connectivity index (χ3n) is 8.21. The van der Waals surface area contributed by atoms with Crippen molar-refractivity contribution in [3.8, 4) is 6.07 Å². The Labute approximate surface area is 241 Å². The molecule has 1 N–H and O–H groups in total. The molecule has 212 valence electrons. The minimum atomic E-state index is -3.31. The highest BCUT2D eigenvalue weighted by Crippen LogP contribution is 2.41. The lowest BCUT2D eigenvalue weighted by Crippen LogP contribution is -2.46. The summed E-state index contributed by atoms with van der Waals surface area (Å²) in [7, 11) is -3.31. The number of aromatic nitrogens is 4. The largest absolute Gasteiger partial charge is 0.303 e. The normalized spacial score (nSPS) is 15.8. The van der Waals surface area contributed by atoms with Crippen molar-refractivity contribution in [3.05, 3.63) is 114 Å². The Morgan fingerprint density at radius 3 is 2.00 bits per heavy atom. The van der Waals surface area contributed by atoms with E-state index >= 15 is 0 Å². The maximum absolute atomic E-state index is 11.6. The first-order valence-corrected chi connectivity index (χ1v) is 15.8. The Bertz CT molecular complexity index is 1520. The van der Waals surface area contributed by atoms with Crippen LogP contribution in [0, 0.1) is 11.3 Å². The van der Waals surface area contributed by atoms with Crippen molar-refractivity contribution in [2.75, 3.05) is 32.4 Å². The Morgan fingerprint density at radius 2 is 1.46 bits per heavy atom. The zero-order valence-electron chi connectivity index (χ0n) is 23.2. The minimum Gasteiger partial charge on any atom is -0.303 e. The highest BCUT2D eigenvalue weighted by Gasteiger charge is 2.43. The van der Waals surface area contributed by atoms with Crippen LogP contribution in [0.15, 0.2) is 91.0 Å². The van der Waals surface area contributed by atoms with Crippen LogP contribution in [0.5, 0.6) is 0 Å². The Hall–Kier alpha value is -3.91. The third-order valence-corrected chi connectivity index (χ3v) is 8.94. The second-order valence-electron chi connectivity index (χ2n) is 10.7. The highest BCUT2D eigenvalue weighted by atomic mass is 32.2. The average Bonchev–Trinajstić information content (AvgIpc) is 3.48. The molecule has 4 aromatic rings. The van der Waals surface area contributed by atoms with Gasteiger partial charge in [0.15, 0.2) is 5.82 Å². The van der Waals surface area contributed by atoms with E-state index in [1.54, 1.807) is 4.68 Å². The van der Waals surface area contributed by atoms with Gasteiger partial charge in [-0.2, -0.15) is 5.26 Å². The zero-order chi connectivity index (χ0) is 28.8. The fourth-order valence-electron chi connectivity index (χ4n) is 6.00. The summed E-state index contributed by atoms with van der Waals surface area (Å²) in [4.78, 5) is 2.43. The molecule has 1 saturated heterocycles. The van der Waals surface area contributed by atoms with Crippen molar-refractivity contribution >= 4 is 10.0 Å². The molecule has 2 heterocycles. The van der Waals surface area contributed by atoms with E-state index in [0.29, 0.717) is 13.0 Å². The van der Waals surface area contributed by atoms with Crippen LogP contribution in [0.3, 0.4) is 0 Å².